The lowest BCUT2D eigenvalue weighted by molar-refractivity contribution is 0.202. The average Bonchev–Trinajstić information content (AvgIpc) is 2.30. The van der Waals surface area contributed by atoms with Gasteiger partial charge in [-0.1, -0.05) is 18.2 Å². The van der Waals surface area contributed by atoms with Gasteiger partial charge in [0.25, 0.3) is 0 Å². The third-order valence-corrected chi connectivity index (χ3v) is 2.74. The van der Waals surface area contributed by atoms with Crippen molar-refractivity contribution in [2.24, 2.45) is 0 Å². The standard InChI is InChI=1S/C12H16N2O2/c15-8-4-3-7-14-9-10-5-1-2-6-11(10)13-12(14)16/h1-2,5-6,15H,3-4,7-9H2,(H,13,16). The minimum Gasteiger partial charge on any atom is -0.396 e. The smallest absolute Gasteiger partial charge is 0.322 e. The number of nitrogens with one attached hydrogen (secondary N) is 1. The molecule has 2 amide bonds. The Morgan fingerprint density at radius 2 is 2.12 bits per heavy atom. The molecular weight excluding hydrogens is 204 g/mol. The Balaban J connectivity index is 2.01. The van der Waals surface area contributed by atoms with Gasteiger partial charge in [0, 0.05) is 25.4 Å². The molecule has 0 fully saturated rings. The Hall–Kier alpha value is -1.55. The van der Waals surface area contributed by atoms with Crippen LogP contribution in [0.5, 0.6) is 0 Å². The van der Waals surface area contributed by atoms with E-state index in [1.807, 2.05) is 24.3 Å². The number of urea groups is 1. The molecule has 1 aromatic carbocycles. The number of aliphatic hydroxyl groups excluding tert-OH is 1. The van der Waals surface area contributed by atoms with Crippen LogP contribution >= 0.6 is 0 Å². The second-order valence-electron chi connectivity index (χ2n) is 3.94. The molecule has 4 nitrogen and oxygen atoms in total. The Kier molecular flexibility index (Phi) is 3.41. The molecule has 0 unspecified atom stereocenters. The highest BCUT2D eigenvalue weighted by atomic mass is 16.3. The fraction of sp³-hybridized carbons (Fsp3) is 0.417. The summed E-state index contributed by atoms with van der Waals surface area (Å²) >= 11 is 0. The van der Waals surface area contributed by atoms with Gasteiger partial charge < -0.3 is 15.3 Å². The number of hydrogen-bond acceptors (Lipinski definition) is 2. The van der Waals surface area contributed by atoms with Crippen LogP contribution in [0.4, 0.5) is 10.5 Å². The molecule has 0 aromatic heterocycles. The van der Waals surface area contributed by atoms with Crippen molar-refractivity contribution >= 4 is 11.7 Å². The maximum absolute atomic E-state index is 11.7. The fourth-order valence-electron chi connectivity index (χ4n) is 1.85. The monoisotopic (exact) mass is 220 g/mol. The van der Waals surface area contributed by atoms with E-state index in [9.17, 15) is 4.79 Å². The molecule has 1 aliphatic heterocycles. The molecule has 2 rings (SSSR count). The van der Waals surface area contributed by atoms with E-state index in [4.69, 9.17) is 5.11 Å². The van der Waals surface area contributed by atoms with Gasteiger partial charge in [0.2, 0.25) is 0 Å². The lowest BCUT2D eigenvalue weighted by atomic mass is 10.1. The first-order chi connectivity index (χ1) is 7.81. The summed E-state index contributed by atoms with van der Waals surface area (Å²) in [6.07, 6.45) is 1.58. The highest BCUT2D eigenvalue weighted by molar-refractivity contribution is 5.92. The summed E-state index contributed by atoms with van der Waals surface area (Å²) in [5, 5.41) is 11.6. The van der Waals surface area contributed by atoms with Crippen LogP contribution in [0.15, 0.2) is 24.3 Å². The predicted molar refractivity (Wildman–Crippen MR) is 62.2 cm³/mol. The Morgan fingerprint density at radius 3 is 2.94 bits per heavy atom. The molecule has 0 saturated carbocycles. The number of anilines is 1. The van der Waals surface area contributed by atoms with Gasteiger partial charge in [-0.2, -0.15) is 0 Å². The number of carbonyl (C=O) groups excluding carboxylic acids is 1. The first kappa shape index (κ1) is 11.0. The van der Waals surface area contributed by atoms with E-state index in [2.05, 4.69) is 5.32 Å². The summed E-state index contributed by atoms with van der Waals surface area (Å²) < 4.78 is 0. The van der Waals surface area contributed by atoms with Crippen molar-refractivity contribution in [3.05, 3.63) is 29.8 Å². The lowest BCUT2D eigenvalue weighted by Gasteiger charge is -2.29. The van der Waals surface area contributed by atoms with Gasteiger partial charge in [0.05, 0.1) is 0 Å². The topological polar surface area (TPSA) is 52.6 Å². The molecule has 0 spiro atoms. The van der Waals surface area contributed by atoms with E-state index in [1.54, 1.807) is 4.90 Å². The molecule has 2 N–H and O–H groups in total. The summed E-state index contributed by atoms with van der Waals surface area (Å²) in [6.45, 7) is 1.54. The van der Waals surface area contributed by atoms with Crippen molar-refractivity contribution < 1.29 is 9.90 Å². The highest BCUT2D eigenvalue weighted by Crippen LogP contribution is 2.22. The van der Waals surface area contributed by atoms with Crippen LogP contribution in [0.2, 0.25) is 0 Å². The summed E-state index contributed by atoms with van der Waals surface area (Å²) in [7, 11) is 0. The summed E-state index contributed by atoms with van der Waals surface area (Å²) in [6, 6.07) is 7.78. The number of rotatable bonds is 4. The Bertz CT molecular complexity index is 379. The summed E-state index contributed by atoms with van der Waals surface area (Å²) in [5.74, 6) is 0. The maximum atomic E-state index is 11.7. The van der Waals surface area contributed by atoms with Gasteiger partial charge in [-0.05, 0) is 24.5 Å². The largest absolute Gasteiger partial charge is 0.396 e. The molecule has 1 heterocycles. The first-order valence-corrected chi connectivity index (χ1v) is 5.56. The number of unbranched alkanes of at least 4 members (excludes halogenated alkanes) is 1. The van der Waals surface area contributed by atoms with Crippen molar-refractivity contribution in [3.8, 4) is 0 Å². The van der Waals surface area contributed by atoms with E-state index >= 15 is 0 Å². The molecule has 0 saturated heterocycles. The van der Waals surface area contributed by atoms with Gasteiger partial charge in [-0.15, -0.1) is 0 Å². The van der Waals surface area contributed by atoms with Gasteiger partial charge >= 0.3 is 6.03 Å². The van der Waals surface area contributed by atoms with Crippen molar-refractivity contribution in [2.45, 2.75) is 19.4 Å². The van der Waals surface area contributed by atoms with Gasteiger partial charge in [0.15, 0.2) is 0 Å². The zero-order valence-corrected chi connectivity index (χ0v) is 9.15. The van der Waals surface area contributed by atoms with Crippen LogP contribution < -0.4 is 5.32 Å². The number of fused-ring (bicyclic) bond motifs is 1. The van der Waals surface area contributed by atoms with Gasteiger partial charge in [-0.25, -0.2) is 4.79 Å². The predicted octanol–water partition coefficient (Wildman–Crippen LogP) is 1.81. The molecule has 1 aliphatic rings. The number of para-hydroxylation sites is 1. The zero-order chi connectivity index (χ0) is 11.4. The number of carbonyl (C=O) groups is 1. The maximum Gasteiger partial charge on any atom is 0.322 e. The number of hydrogen-bond donors (Lipinski definition) is 2. The SMILES string of the molecule is O=C1Nc2ccccc2CN1CCCCO. The number of amides is 2. The minimum atomic E-state index is -0.0448. The van der Waals surface area contributed by atoms with Crippen LogP contribution in [0.3, 0.4) is 0 Å². The second kappa shape index (κ2) is 4.99. The average molecular weight is 220 g/mol. The van der Waals surface area contributed by atoms with Gasteiger partial charge in [0.1, 0.15) is 0 Å². The van der Waals surface area contributed by atoms with Crippen molar-refractivity contribution in [1.29, 1.82) is 0 Å². The minimum absolute atomic E-state index is 0.0448. The van der Waals surface area contributed by atoms with Crippen molar-refractivity contribution in [2.75, 3.05) is 18.5 Å². The quantitative estimate of drug-likeness (QED) is 0.760. The van der Waals surface area contributed by atoms with E-state index in [-0.39, 0.29) is 12.6 Å². The number of nitrogens with zero attached hydrogens (tertiary/aromatic N) is 1. The molecule has 0 bridgehead atoms. The van der Waals surface area contributed by atoms with Crippen molar-refractivity contribution in [1.82, 2.24) is 4.90 Å². The van der Waals surface area contributed by atoms with E-state index in [1.165, 1.54) is 0 Å². The normalized spacial score (nSPS) is 14.6. The van der Waals surface area contributed by atoms with Crippen LogP contribution in [-0.2, 0) is 6.54 Å². The first-order valence-electron chi connectivity index (χ1n) is 5.56. The molecule has 0 atom stereocenters. The molecule has 86 valence electrons. The molecule has 0 radical (unpaired) electrons. The Labute approximate surface area is 94.9 Å². The molecule has 4 heteroatoms. The van der Waals surface area contributed by atoms with Crippen molar-refractivity contribution in [3.63, 3.8) is 0 Å². The Morgan fingerprint density at radius 1 is 1.31 bits per heavy atom. The molecular formula is C12H16N2O2. The highest BCUT2D eigenvalue weighted by Gasteiger charge is 2.20. The zero-order valence-electron chi connectivity index (χ0n) is 9.15. The van der Waals surface area contributed by atoms with Crippen LogP contribution in [-0.4, -0.2) is 29.2 Å². The lowest BCUT2D eigenvalue weighted by Crippen LogP contribution is -2.39. The van der Waals surface area contributed by atoms with Crippen LogP contribution in [0.1, 0.15) is 18.4 Å². The van der Waals surface area contributed by atoms with Gasteiger partial charge in [-0.3, -0.25) is 0 Å². The third kappa shape index (κ3) is 2.33. The molecule has 16 heavy (non-hydrogen) atoms. The molecule has 1 aromatic rings. The van der Waals surface area contributed by atoms with Crippen LogP contribution in [0.25, 0.3) is 0 Å². The summed E-state index contributed by atoms with van der Waals surface area (Å²) in [5.41, 5.74) is 2.05. The fourth-order valence-corrected chi connectivity index (χ4v) is 1.85. The third-order valence-electron chi connectivity index (χ3n) is 2.74. The number of aliphatic hydroxyl groups is 1. The number of benzene rings is 1. The molecule has 0 aliphatic carbocycles. The van der Waals surface area contributed by atoms with Crippen LogP contribution in [0, 0.1) is 0 Å². The van der Waals surface area contributed by atoms with E-state index in [0.717, 1.165) is 24.1 Å². The van der Waals surface area contributed by atoms with E-state index < -0.39 is 0 Å². The summed E-state index contributed by atoms with van der Waals surface area (Å²) in [4.78, 5) is 13.5. The van der Waals surface area contributed by atoms with E-state index in [0.29, 0.717) is 13.1 Å². The second-order valence-corrected chi connectivity index (χ2v) is 3.94.